The van der Waals surface area contributed by atoms with Crippen molar-refractivity contribution in [3.05, 3.63) is 317 Å². The third kappa shape index (κ3) is 10.5. The van der Waals surface area contributed by atoms with Crippen molar-refractivity contribution in [3.63, 3.8) is 0 Å². The molecule has 0 N–H and O–H groups in total. The number of hydrogen-bond acceptors (Lipinski definition) is 3. The normalized spacial score (nSPS) is 10.9. The van der Waals surface area contributed by atoms with Crippen LogP contribution >= 0.6 is 0 Å². The zero-order valence-electron chi connectivity index (χ0n) is 54.8. The molecule has 13 aromatic carbocycles. The lowest BCUT2D eigenvalue weighted by Crippen LogP contribution is -2.07. The molecular weight excluding hydrogens is 1240 g/mol. The number of terminal acetylenes is 8. The van der Waals surface area contributed by atoms with Gasteiger partial charge in [-0.2, -0.15) is 9.97 Å². The van der Waals surface area contributed by atoms with Crippen LogP contribution < -0.4 is 0 Å². The van der Waals surface area contributed by atoms with Crippen LogP contribution in [0.25, 0.3) is 156 Å². The Morgan fingerprint density at radius 3 is 1.13 bits per heavy atom. The summed E-state index contributed by atoms with van der Waals surface area (Å²) < 4.78 is 4.58. The van der Waals surface area contributed by atoms with E-state index in [1.54, 1.807) is 0 Å². The molecule has 0 aliphatic heterocycles. The zero-order chi connectivity index (χ0) is 69.5. The van der Waals surface area contributed by atoms with E-state index < -0.39 is 0 Å². The van der Waals surface area contributed by atoms with Gasteiger partial charge in [-0.1, -0.05) is 223 Å². The van der Waals surface area contributed by atoms with Gasteiger partial charge in [-0.3, -0.25) is 4.57 Å². The maximum Gasteiger partial charge on any atom is 0.238 e. The van der Waals surface area contributed by atoms with Crippen molar-refractivity contribution in [3.8, 4) is 211 Å². The summed E-state index contributed by atoms with van der Waals surface area (Å²) in [5, 5.41) is 4.10. The van der Waals surface area contributed by atoms with Crippen molar-refractivity contribution >= 4 is 43.6 Å². The summed E-state index contributed by atoms with van der Waals surface area (Å²) in [7, 11) is 0. The average molecular weight is 1290 g/mol. The van der Waals surface area contributed by atoms with Crippen LogP contribution in [0.2, 0.25) is 0 Å². The number of fused-ring (bicyclic) bond motifs is 7. The lowest BCUT2D eigenvalue weighted by atomic mass is 9.84. The number of nitrogens with zero attached hydrogens (tertiary/aromatic N) is 5. The van der Waals surface area contributed by atoms with E-state index >= 15 is 0 Å². The number of benzene rings is 13. The molecule has 16 aromatic rings. The first-order valence-corrected chi connectivity index (χ1v) is 32.9. The highest BCUT2D eigenvalue weighted by Crippen LogP contribution is 2.47. The molecule has 0 fully saturated rings. The van der Waals surface area contributed by atoms with Crippen molar-refractivity contribution < 1.29 is 0 Å². The van der Waals surface area contributed by atoms with Gasteiger partial charge in [0.25, 0.3) is 0 Å². The van der Waals surface area contributed by atoms with Gasteiger partial charge in [0.05, 0.1) is 22.1 Å². The molecule has 16 rings (SSSR count). The van der Waals surface area contributed by atoms with Crippen LogP contribution in [0.15, 0.2) is 273 Å². The molecule has 3 aromatic heterocycles. The topological polar surface area (TPSA) is 48.5 Å². The molecule has 0 bridgehead atoms. The van der Waals surface area contributed by atoms with Gasteiger partial charge >= 0.3 is 0 Å². The Kier molecular flexibility index (Phi) is 15.7. The molecule has 0 aliphatic carbocycles. The minimum absolute atomic E-state index is 0.482. The lowest BCUT2D eigenvalue weighted by Gasteiger charge is -2.19. The van der Waals surface area contributed by atoms with E-state index in [-0.39, 0.29) is 0 Å². The molecular formula is C97H53N5. The van der Waals surface area contributed by atoms with E-state index in [0.29, 0.717) is 62.1 Å². The maximum atomic E-state index is 6.43. The predicted molar refractivity (Wildman–Crippen MR) is 421 cm³/mol. The Bertz CT molecular complexity index is 6430. The van der Waals surface area contributed by atoms with E-state index in [1.165, 1.54) is 0 Å². The number of para-hydroxylation sites is 2. The molecule has 0 spiro atoms. The van der Waals surface area contributed by atoms with E-state index in [0.717, 1.165) is 138 Å². The standard InChI is InChI=1S/C97H53N5/c1-9-62-36-28-43-81(77(62)13-5)74-57-73(58-75(59-74)82-44-29-37-63(10-2)78(82)14-6)72-55-70(68-48-50-85(83-45-30-38-64(11-3)79(83)15-7)89(60-68)84-46-31-39-65(12-4)80(84)16-8)54-71(56-72)69-49-53-92-90(61-69)88-52-51-87-86-42-26-27-47-91(86)102(94(87)93(88)101(92)76-40-24-19-25-41-76)97-99-95(66-32-20-17-21-33-66)98-96(100-97)67-34-22-18-23-35-67/h1-8,17-61H. The van der Waals surface area contributed by atoms with Crippen molar-refractivity contribution in [1.82, 2.24) is 24.1 Å². The SMILES string of the molecule is C#Cc1cccc(-c2cc(-c3cc(-c4ccc(-c5cccc(C#C)c5C#C)c(-c5cccc(C#C)c5C#C)c4)cc(-c4ccc5c(c4)c4ccc6c7ccccc7n(-c7nc(-c8ccccc8)nc(-c8ccccc8)n7)c6c4n5-c4ccccc4)c3)cc(-c3cccc(C#C)c3C#C)c2)c1C#C. The molecule has 0 radical (unpaired) electrons. The molecule has 0 amide bonds. The van der Waals surface area contributed by atoms with Gasteiger partial charge in [-0.25, -0.2) is 4.98 Å². The second kappa shape index (κ2) is 25.8. The molecule has 0 unspecified atom stereocenters. The Morgan fingerprint density at radius 2 is 0.618 bits per heavy atom. The van der Waals surface area contributed by atoms with Gasteiger partial charge in [0.2, 0.25) is 5.95 Å². The van der Waals surface area contributed by atoms with Gasteiger partial charge < -0.3 is 4.57 Å². The second-order valence-electron chi connectivity index (χ2n) is 24.6. The largest absolute Gasteiger partial charge is 0.307 e. The summed E-state index contributed by atoms with van der Waals surface area (Å²) >= 11 is 0. The van der Waals surface area contributed by atoms with Crippen molar-refractivity contribution in [2.75, 3.05) is 0 Å². The molecule has 0 saturated carbocycles. The fourth-order valence-corrected chi connectivity index (χ4v) is 14.3. The summed E-state index contributed by atoms with van der Waals surface area (Å²) in [6.45, 7) is 0. The van der Waals surface area contributed by atoms with E-state index in [2.05, 4.69) is 190 Å². The highest BCUT2D eigenvalue weighted by Gasteiger charge is 2.26. The van der Waals surface area contributed by atoms with Crippen LogP contribution in [0.3, 0.4) is 0 Å². The van der Waals surface area contributed by atoms with Crippen LogP contribution in [0.4, 0.5) is 0 Å². The van der Waals surface area contributed by atoms with Gasteiger partial charge in [-0.05, 0) is 175 Å². The maximum absolute atomic E-state index is 6.43. The van der Waals surface area contributed by atoms with Crippen LogP contribution in [0.5, 0.6) is 0 Å². The highest BCUT2D eigenvalue weighted by molar-refractivity contribution is 6.24. The summed E-state index contributed by atoms with van der Waals surface area (Å²) in [6.07, 6.45) is 50.2. The van der Waals surface area contributed by atoms with Crippen LogP contribution in [0.1, 0.15) is 44.5 Å². The third-order valence-electron chi connectivity index (χ3n) is 19.0. The Balaban J connectivity index is 0.994. The average Bonchev–Trinajstić information content (AvgIpc) is 1.54. The Labute approximate surface area is 592 Å². The fourth-order valence-electron chi connectivity index (χ4n) is 14.3. The smallest absolute Gasteiger partial charge is 0.238 e. The summed E-state index contributed by atoms with van der Waals surface area (Å²) in [5.41, 5.74) is 22.9. The van der Waals surface area contributed by atoms with Gasteiger partial charge in [-0.15, -0.1) is 51.4 Å². The van der Waals surface area contributed by atoms with Crippen molar-refractivity contribution in [2.45, 2.75) is 0 Å². The minimum atomic E-state index is 0.482. The molecule has 466 valence electrons. The monoisotopic (exact) mass is 1290 g/mol. The van der Waals surface area contributed by atoms with Crippen LogP contribution in [-0.2, 0) is 0 Å². The number of aromatic nitrogens is 5. The van der Waals surface area contributed by atoms with Gasteiger partial charge in [0.15, 0.2) is 11.6 Å². The quantitative estimate of drug-likeness (QED) is 0.121. The Morgan fingerprint density at radius 1 is 0.225 bits per heavy atom. The zero-order valence-corrected chi connectivity index (χ0v) is 54.8. The number of hydrogen-bond donors (Lipinski definition) is 0. The first-order valence-electron chi connectivity index (χ1n) is 32.9. The molecule has 3 heterocycles. The first kappa shape index (κ1) is 61.8. The van der Waals surface area contributed by atoms with Crippen LogP contribution in [-0.4, -0.2) is 24.1 Å². The second-order valence-corrected chi connectivity index (χ2v) is 24.6. The predicted octanol–water partition coefficient (Wildman–Crippen LogP) is 20.9. The first-order chi connectivity index (χ1) is 50.2. The molecule has 0 atom stereocenters. The van der Waals surface area contributed by atoms with E-state index in [1.807, 2.05) is 140 Å². The molecule has 5 heteroatoms. The van der Waals surface area contributed by atoms with E-state index in [9.17, 15) is 0 Å². The molecule has 0 saturated heterocycles. The van der Waals surface area contributed by atoms with E-state index in [4.69, 9.17) is 66.3 Å². The molecule has 102 heavy (non-hydrogen) atoms. The minimum Gasteiger partial charge on any atom is -0.307 e. The van der Waals surface area contributed by atoms with Crippen LogP contribution in [0, 0.1) is 98.8 Å². The van der Waals surface area contributed by atoms with Crippen molar-refractivity contribution in [2.24, 2.45) is 0 Å². The Hall–Kier alpha value is -15.1. The van der Waals surface area contributed by atoms with Gasteiger partial charge in [0, 0.05) is 82.9 Å². The third-order valence-corrected chi connectivity index (χ3v) is 19.0. The highest BCUT2D eigenvalue weighted by atomic mass is 15.2. The fraction of sp³-hybridized carbons (Fsp3) is 0. The lowest BCUT2D eigenvalue weighted by molar-refractivity contribution is 0.953. The van der Waals surface area contributed by atoms with Gasteiger partial charge in [0.1, 0.15) is 0 Å². The molecule has 0 aliphatic rings. The summed E-state index contributed by atoms with van der Waals surface area (Å²) in [5.74, 6) is 24.6. The summed E-state index contributed by atoms with van der Waals surface area (Å²) in [4.78, 5) is 15.9. The number of rotatable bonds is 11. The molecule has 5 nitrogen and oxygen atoms in total. The summed E-state index contributed by atoms with van der Waals surface area (Å²) in [6, 6.07) is 92.8. The van der Waals surface area contributed by atoms with Crippen molar-refractivity contribution in [1.29, 1.82) is 0 Å².